The Kier molecular flexibility index (Phi) is 6.58. The van der Waals surface area contributed by atoms with Gasteiger partial charge in [0.25, 0.3) is 0 Å². The summed E-state index contributed by atoms with van der Waals surface area (Å²) in [6, 6.07) is 2.45. The largest absolute Gasteiger partial charge is 0.494 e. The molecule has 1 aromatic rings. The van der Waals surface area contributed by atoms with Gasteiger partial charge in [0.15, 0.2) is 11.6 Å². The molecule has 22 heavy (non-hydrogen) atoms. The second-order valence-electron chi connectivity index (χ2n) is 5.77. The predicted octanol–water partition coefficient (Wildman–Crippen LogP) is 3.50. The maximum atomic E-state index is 14.6. The van der Waals surface area contributed by atoms with Crippen LogP contribution in [0.25, 0.3) is 0 Å². The summed E-state index contributed by atoms with van der Waals surface area (Å²) in [6.07, 6.45) is 3.92. The van der Waals surface area contributed by atoms with E-state index in [2.05, 4.69) is 17.1 Å². The first-order chi connectivity index (χ1) is 10.7. The first kappa shape index (κ1) is 17.2. The Morgan fingerprint density at radius 3 is 2.59 bits per heavy atom. The Morgan fingerprint density at radius 2 is 1.95 bits per heavy atom. The molecule has 1 atom stereocenters. The molecule has 1 saturated heterocycles. The van der Waals surface area contributed by atoms with Gasteiger partial charge in [0, 0.05) is 37.8 Å². The molecule has 0 radical (unpaired) electrons. The third-order valence-corrected chi connectivity index (χ3v) is 4.32. The van der Waals surface area contributed by atoms with Crippen LogP contribution in [0, 0.1) is 11.6 Å². The Bertz CT molecular complexity index is 476. The van der Waals surface area contributed by atoms with Crippen molar-refractivity contribution in [1.82, 2.24) is 10.2 Å². The van der Waals surface area contributed by atoms with Crippen molar-refractivity contribution < 1.29 is 13.5 Å². The molecule has 1 N–H and O–H groups in total. The van der Waals surface area contributed by atoms with Crippen LogP contribution in [-0.2, 0) is 0 Å². The highest BCUT2D eigenvalue weighted by atomic mass is 19.1. The molecular formula is C17H26F2N2O. The highest BCUT2D eigenvalue weighted by molar-refractivity contribution is 5.34. The zero-order valence-electron chi connectivity index (χ0n) is 13.5. The van der Waals surface area contributed by atoms with E-state index < -0.39 is 11.6 Å². The lowest BCUT2D eigenvalue weighted by atomic mass is 9.96. The lowest BCUT2D eigenvalue weighted by Gasteiger charge is -2.35. The Balaban J connectivity index is 2.30. The van der Waals surface area contributed by atoms with Crippen molar-refractivity contribution >= 4 is 0 Å². The van der Waals surface area contributed by atoms with Gasteiger partial charge in [-0.15, -0.1) is 0 Å². The van der Waals surface area contributed by atoms with E-state index >= 15 is 0 Å². The summed E-state index contributed by atoms with van der Waals surface area (Å²) in [5.41, 5.74) is 0.164. The highest BCUT2D eigenvalue weighted by Crippen LogP contribution is 2.34. The summed E-state index contributed by atoms with van der Waals surface area (Å²) >= 11 is 0. The second kappa shape index (κ2) is 8.44. The van der Waals surface area contributed by atoms with Crippen molar-refractivity contribution in [3.05, 3.63) is 29.3 Å². The first-order valence-electron chi connectivity index (χ1n) is 8.15. The summed E-state index contributed by atoms with van der Waals surface area (Å²) < 4.78 is 34.0. The number of unbranched alkanes of at least 4 members (excludes halogenated alkanes) is 2. The molecule has 3 nitrogen and oxygen atoms in total. The number of hydrogen-bond acceptors (Lipinski definition) is 3. The van der Waals surface area contributed by atoms with Crippen molar-refractivity contribution in [2.45, 2.75) is 38.6 Å². The van der Waals surface area contributed by atoms with Crippen LogP contribution in [0.4, 0.5) is 8.78 Å². The molecule has 0 aliphatic carbocycles. The number of rotatable bonds is 7. The molecular weight excluding hydrogens is 286 g/mol. The molecule has 0 bridgehead atoms. The van der Waals surface area contributed by atoms with Crippen LogP contribution >= 0.6 is 0 Å². The molecule has 0 saturated carbocycles. The number of ether oxygens (including phenoxy) is 1. The van der Waals surface area contributed by atoms with Crippen molar-refractivity contribution in [3.8, 4) is 5.75 Å². The average molecular weight is 312 g/mol. The molecule has 0 spiro atoms. The standard InChI is InChI=1S/C17H26F2N2O/c1-3-4-5-6-14(21-11-9-20-10-12-21)16-13(18)7-8-15(22-2)17(16)19/h7-8,14,20H,3-6,9-12H2,1-2H3/t14-/m1/s1. The molecule has 5 heteroatoms. The Hall–Kier alpha value is -1.20. The minimum Gasteiger partial charge on any atom is -0.494 e. The number of nitrogens with one attached hydrogen (secondary N) is 1. The minimum absolute atomic E-state index is 0.118. The second-order valence-corrected chi connectivity index (χ2v) is 5.77. The van der Waals surface area contributed by atoms with E-state index in [4.69, 9.17) is 4.74 Å². The van der Waals surface area contributed by atoms with Gasteiger partial charge in [0.2, 0.25) is 0 Å². The quantitative estimate of drug-likeness (QED) is 0.780. The van der Waals surface area contributed by atoms with Crippen LogP contribution in [0.15, 0.2) is 12.1 Å². The van der Waals surface area contributed by atoms with Crippen molar-refractivity contribution in [3.63, 3.8) is 0 Å². The SMILES string of the molecule is CCCCC[C@H](c1c(F)ccc(OC)c1F)N1CCNCC1. The minimum atomic E-state index is -0.553. The van der Waals surface area contributed by atoms with Gasteiger partial charge in [-0.2, -0.15) is 0 Å². The molecule has 124 valence electrons. The fourth-order valence-corrected chi connectivity index (χ4v) is 3.10. The zero-order chi connectivity index (χ0) is 15.9. The van der Waals surface area contributed by atoms with Crippen molar-refractivity contribution in [1.29, 1.82) is 0 Å². The summed E-state index contributed by atoms with van der Waals surface area (Å²) in [6.45, 7) is 5.47. The van der Waals surface area contributed by atoms with Gasteiger partial charge >= 0.3 is 0 Å². The van der Waals surface area contributed by atoms with Crippen molar-refractivity contribution in [2.24, 2.45) is 0 Å². The number of benzene rings is 1. The van der Waals surface area contributed by atoms with Crippen LogP contribution in [0.1, 0.15) is 44.2 Å². The normalized spacial score (nSPS) is 17.5. The van der Waals surface area contributed by atoms with Gasteiger partial charge in [-0.25, -0.2) is 8.78 Å². The fourth-order valence-electron chi connectivity index (χ4n) is 3.10. The number of hydrogen-bond donors (Lipinski definition) is 1. The predicted molar refractivity (Wildman–Crippen MR) is 84.2 cm³/mol. The third kappa shape index (κ3) is 3.96. The van der Waals surface area contributed by atoms with Gasteiger partial charge in [0.1, 0.15) is 5.82 Å². The molecule has 1 aliphatic heterocycles. The van der Waals surface area contributed by atoms with E-state index in [1.165, 1.54) is 19.2 Å². The maximum absolute atomic E-state index is 14.6. The van der Waals surface area contributed by atoms with Gasteiger partial charge in [0.05, 0.1) is 7.11 Å². The number of nitrogens with zero attached hydrogens (tertiary/aromatic N) is 1. The van der Waals surface area contributed by atoms with Crippen molar-refractivity contribution in [2.75, 3.05) is 33.3 Å². The molecule has 0 aromatic heterocycles. The summed E-state index contributed by atoms with van der Waals surface area (Å²) in [5, 5.41) is 3.29. The summed E-state index contributed by atoms with van der Waals surface area (Å²) in [4.78, 5) is 2.19. The first-order valence-corrected chi connectivity index (χ1v) is 8.15. The van der Waals surface area contributed by atoms with Gasteiger partial charge in [-0.3, -0.25) is 4.90 Å². The highest BCUT2D eigenvalue weighted by Gasteiger charge is 2.28. The molecule has 1 fully saturated rings. The van der Waals surface area contributed by atoms with E-state index in [9.17, 15) is 8.78 Å². The molecule has 1 heterocycles. The Labute approximate surface area is 131 Å². The van der Waals surface area contributed by atoms with E-state index in [1.54, 1.807) is 0 Å². The van der Waals surface area contributed by atoms with Crippen LogP contribution in [0.5, 0.6) is 5.75 Å². The van der Waals surface area contributed by atoms with Gasteiger partial charge in [-0.05, 0) is 18.6 Å². The summed E-state index contributed by atoms with van der Waals surface area (Å²) in [5.74, 6) is -0.909. The smallest absolute Gasteiger partial charge is 0.172 e. The fraction of sp³-hybridized carbons (Fsp3) is 0.647. The molecule has 0 amide bonds. The Morgan fingerprint density at radius 1 is 1.23 bits per heavy atom. The van der Waals surface area contributed by atoms with Gasteiger partial charge in [-0.1, -0.05) is 26.2 Å². The maximum Gasteiger partial charge on any atom is 0.172 e. The van der Waals surface area contributed by atoms with E-state index in [0.29, 0.717) is 0 Å². The lowest BCUT2D eigenvalue weighted by molar-refractivity contribution is 0.155. The van der Waals surface area contributed by atoms with Crippen LogP contribution in [0.2, 0.25) is 0 Å². The van der Waals surface area contributed by atoms with E-state index in [0.717, 1.165) is 51.9 Å². The molecule has 1 aromatic carbocycles. The van der Waals surface area contributed by atoms with Crippen LogP contribution in [-0.4, -0.2) is 38.2 Å². The topological polar surface area (TPSA) is 24.5 Å². The number of methoxy groups -OCH3 is 1. The van der Waals surface area contributed by atoms with Crippen LogP contribution < -0.4 is 10.1 Å². The van der Waals surface area contributed by atoms with E-state index in [1.807, 2.05) is 0 Å². The van der Waals surface area contributed by atoms with E-state index in [-0.39, 0.29) is 17.4 Å². The monoisotopic (exact) mass is 312 g/mol. The number of piperazine rings is 1. The average Bonchev–Trinajstić information content (AvgIpc) is 2.54. The zero-order valence-corrected chi connectivity index (χ0v) is 13.5. The molecule has 2 rings (SSSR count). The molecule has 0 unspecified atom stereocenters. The lowest BCUT2D eigenvalue weighted by Crippen LogP contribution is -2.45. The third-order valence-electron chi connectivity index (χ3n) is 4.32. The van der Waals surface area contributed by atoms with Crippen LogP contribution in [0.3, 0.4) is 0 Å². The summed E-state index contributed by atoms with van der Waals surface area (Å²) in [7, 11) is 1.41. The van der Waals surface area contributed by atoms with Gasteiger partial charge < -0.3 is 10.1 Å². The molecule has 1 aliphatic rings. The number of halogens is 2.